The summed E-state index contributed by atoms with van der Waals surface area (Å²) in [4.78, 5) is 23.8. The monoisotopic (exact) mass is 261 g/mol. The van der Waals surface area contributed by atoms with Crippen LogP contribution in [-0.4, -0.2) is 23.9 Å². The Bertz CT molecular complexity index is 509. The normalized spacial score (nSPS) is 15.7. The lowest BCUT2D eigenvalue weighted by molar-refractivity contribution is -0.122. The molecule has 1 aliphatic carbocycles. The summed E-state index contributed by atoms with van der Waals surface area (Å²) < 4.78 is 0. The van der Waals surface area contributed by atoms with Crippen molar-refractivity contribution < 1.29 is 9.59 Å². The molecule has 1 atom stereocenters. The second kappa shape index (κ2) is 5.30. The first-order valence-corrected chi connectivity index (χ1v) is 6.44. The first-order valence-electron chi connectivity index (χ1n) is 6.44. The van der Waals surface area contributed by atoms with Gasteiger partial charge in [-0.2, -0.15) is 0 Å². The SMILES string of the molecule is Cc1ccc(N)c(C(=O)NC(C)C(=O)NC2CC2)c1. The molecule has 0 radical (unpaired) electrons. The zero-order valence-electron chi connectivity index (χ0n) is 11.2. The fraction of sp³-hybridized carbons (Fsp3) is 0.429. The molecule has 0 saturated heterocycles. The van der Waals surface area contributed by atoms with Crippen molar-refractivity contribution in [2.45, 2.75) is 38.8 Å². The summed E-state index contributed by atoms with van der Waals surface area (Å²) >= 11 is 0. The van der Waals surface area contributed by atoms with Gasteiger partial charge in [0.05, 0.1) is 5.56 Å². The van der Waals surface area contributed by atoms with Crippen LogP contribution in [0.15, 0.2) is 18.2 Å². The lowest BCUT2D eigenvalue weighted by Crippen LogP contribution is -2.45. The number of amides is 2. The summed E-state index contributed by atoms with van der Waals surface area (Å²) in [5, 5.41) is 5.52. The van der Waals surface area contributed by atoms with Crippen molar-refractivity contribution in [3.8, 4) is 0 Å². The van der Waals surface area contributed by atoms with Crippen molar-refractivity contribution in [1.82, 2.24) is 10.6 Å². The van der Waals surface area contributed by atoms with Crippen LogP contribution in [0.5, 0.6) is 0 Å². The number of benzene rings is 1. The molecule has 102 valence electrons. The van der Waals surface area contributed by atoms with Crippen molar-refractivity contribution >= 4 is 17.5 Å². The Hall–Kier alpha value is -2.04. The quantitative estimate of drug-likeness (QED) is 0.706. The molecule has 1 aliphatic rings. The number of hydrogen-bond donors (Lipinski definition) is 3. The smallest absolute Gasteiger partial charge is 0.254 e. The van der Waals surface area contributed by atoms with E-state index in [9.17, 15) is 9.59 Å². The Morgan fingerprint density at radius 2 is 2.05 bits per heavy atom. The van der Waals surface area contributed by atoms with Gasteiger partial charge >= 0.3 is 0 Å². The molecule has 2 rings (SSSR count). The number of nitrogen functional groups attached to an aromatic ring is 1. The van der Waals surface area contributed by atoms with E-state index in [1.807, 2.05) is 13.0 Å². The van der Waals surface area contributed by atoms with Crippen molar-refractivity contribution in [3.05, 3.63) is 29.3 Å². The molecule has 1 unspecified atom stereocenters. The van der Waals surface area contributed by atoms with Gasteiger partial charge in [0, 0.05) is 11.7 Å². The molecule has 19 heavy (non-hydrogen) atoms. The number of anilines is 1. The molecule has 1 fully saturated rings. The maximum Gasteiger partial charge on any atom is 0.254 e. The molecule has 0 aliphatic heterocycles. The molecule has 2 amide bonds. The zero-order valence-corrected chi connectivity index (χ0v) is 11.2. The lowest BCUT2D eigenvalue weighted by Gasteiger charge is -2.15. The maximum absolute atomic E-state index is 12.1. The number of hydrogen-bond acceptors (Lipinski definition) is 3. The van der Waals surface area contributed by atoms with E-state index in [2.05, 4.69) is 10.6 Å². The van der Waals surface area contributed by atoms with Gasteiger partial charge in [0.1, 0.15) is 6.04 Å². The third-order valence-corrected chi connectivity index (χ3v) is 3.12. The lowest BCUT2D eigenvalue weighted by atomic mass is 10.1. The summed E-state index contributed by atoms with van der Waals surface area (Å²) in [5.74, 6) is -0.471. The van der Waals surface area contributed by atoms with E-state index < -0.39 is 6.04 Å². The highest BCUT2D eigenvalue weighted by molar-refractivity contribution is 6.01. The minimum absolute atomic E-state index is 0.151. The first-order chi connectivity index (χ1) is 8.97. The number of carbonyl (C=O) groups is 2. The summed E-state index contributed by atoms with van der Waals surface area (Å²) in [6, 6.07) is 4.98. The van der Waals surface area contributed by atoms with Crippen LogP contribution in [0.3, 0.4) is 0 Å². The van der Waals surface area contributed by atoms with E-state index in [1.165, 1.54) is 0 Å². The average molecular weight is 261 g/mol. The highest BCUT2D eigenvalue weighted by Crippen LogP contribution is 2.18. The van der Waals surface area contributed by atoms with E-state index in [-0.39, 0.29) is 17.9 Å². The van der Waals surface area contributed by atoms with Crippen LogP contribution < -0.4 is 16.4 Å². The van der Waals surface area contributed by atoms with Gasteiger partial charge in [0.15, 0.2) is 0 Å². The minimum atomic E-state index is -0.562. The number of rotatable bonds is 4. The Morgan fingerprint density at radius 1 is 1.37 bits per heavy atom. The summed E-state index contributed by atoms with van der Waals surface area (Å²) in [6.07, 6.45) is 2.05. The Balaban J connectivity index is 1.99. The Labute approximate surface area is 112 Å². The molecular formula is C14H19N3O2. The Kier molecular flexibility index (Phi) is 3.74. The van der Waals surface area contributed by atoms with Gasteiger partial charge in [-0.25, -0.2) is 0 Å². The second-order valence-electron chi connectivity index (χ2n) is 5.07. The van der Waals surface area contributed by atoms with E-state index in [0.717, 1.165) is 18.4 Å². The van der Waals surface area contributed by atoms with Gasteiger partial charge in [-0.05, 0) is 38.8 Å². The molecule has 0 aromatic heterocycles. The molecule has 0 spiro atoms. The number of nitrogens with two attached hydrogens (primary N) is 1. The van der Waals surface area contributed by atoms with Crippen molar-refractivity contribution in [2.75, 3.05) is 5.73 Å². The van der Waals surface area contributed by atoms with Crippen LogP contribution in [0.2, 0.25) is 0 Å². The molecule has 5 nitrogen and oxygen atoms in total. The van der Waals surface area contributed by atoms with Crippen LogP contribution >= 0.6 is 0 Å². The minimum Gasteiger partial charge on any atom is -0.398 e. The Morgan fingerprint density at radius 3 is 2.68 bits per heavy atom. The molecule has 1 aromatic carbocycles. The molecule has 4 N–H and O–H groups in total. The van der Waals surface area contributed by atoms with Crippen molar-refractivity contribution in [3.63, 3.8) is 0 Å². The molecule has 0 heterocycles. The van der Waals surface area contributed by atoms with Gasteiger partial charge in [-0.1, -0.05) is 11.6 Å². The van der Waals surface area contributed by atoms with Crippen LogP contribution in [0.1, 0.15) is 35.7 Å². The fourth-order valence-corrected chi connectivity index (χ4v) is 1.76. The fourth-order valence-electron chi connectivity index (χ4n) is 1.76. The molecule has 1 saturated carbocycles. The molecule has 0 bridgehead atoms. The second-order valence-corrected chi connectivity index (χ2v) is 5.07. The standard InChI is InChI=1S/C14H19N3O2/c1-8-3-6-12(15)11(7-8)14(19)16-9(2)13(18)17-10-4-5-10/h3,6-7,9-10H,4-5,15H2,1-2H3,(H,16,19)(H,17,18). The predicted molar refractivity (Wildman–Crippen MR) is 73.7 cm³/mol. The van der Waals surface area contributed by atoms with Crippen LogP contribution in [-0.2, 0) is 4.79 Å². The van der Waals surface area contributed by atoms with Gasteiger partial charge in [0.2, 0.25) is 5.91 Å². The van der Waals surface area contributed by atoms with Gasteiger partial charge < -0.3 is 16.4 Å². The van der Waals surface area contributed by atoms with Crippen LogP contribution in [0, 0.1) is 6.92 Å². The number of aryl methyl sites for hydroxylation is 1. The van der Waals surface area contributed by atoms with Crippen molar-refractivity contribution in [2.24, 2.45) is 0 Å². The maximum atomic E-state index is 12.1. The summed E-state index contributed by atoms with van der Waals surface area (Å²) in [5.41, 5.74) is 7.55. The predicted octanol–water partition coefficient (Wildman–Crippen LogP) is 0.974. The van der Waals surface area contributed by atoms with Gasteiger partial charge in [0.25, 0.3) is 5.91 Å². The highest BCUT2D eigenvalue weighted by atomic mass is 16.2. The largest absolute Gasteiger partial charge is 0.398 e. The van der Waals surface area contributed by atoms with E-state index >= 15 is 0 Å². The summed E-state index contributed by atoms with van der Waals surface area (Å²) in [6.45, 7) is 3.56. The zero-order chi connectivity index (χ0) is 14.0. The third-order valence-electron chi connectivity index (χ3n) is 3.12. The molecule has 5 heteroatoms. The first kappa shape index (κ1) is 13.4. The van der Waals surface area contributed by atoms with Crippen LogP contribution in [0.25, 0.3) is 0 Å². The molecular weight excluding hydrogens is 242 g/mol. The van der Waals surface area contributed by atoms with Gasteiger partial charge in [-0.15, -0.1) is 0 Å². The van der Waals surface area contributed by atoms with E-state index in [4.69, 9.17) is 5.73 Å². The van der Waals surface area contributed by atoms with Crippen LogP contribution in [0.4, 0.5) is 5.69 Å². The van der Waals surface area contributed by atoms with Crippen molar-refractivity contribution in [1.29, 1.82) is 0 Å². The molecule has 1 aromatic rings. The average Bonchev–Trinajstić information content (AvgIpc) is 3.15. The third kappa shape index (κ3) is 3.47. The number of nitrogens with one attached hydrogen (secondary N) is 2. The van der Waals surface area contributed by atoms with Gasteiger partial charge in [-0.3, -0.25) is 9.59 Å². The topological polar surface area (TPSA) is 84.2 Å². The van der Waals surface area contributed by atoms with E-state index in [0.29, 0.717) is 11.3 Å². The number of carbonyl (C=O) groups excluding carboxylic acids is 2. The summed E-state index contributed by atoms with van der Waals surface area (Å²) in [7, 11) is 0. The van der Waals surface area contributed by atoms with E-state index in [1.54, 1.807) is 19.1 Å². The highest BCUT2D eigenvalue weighted by Gasteiger charge is 2.26.